The van der Waals surface area contributed by atoms with Gasteiger partial charge in [-0.3, -0.25) is 0 Å². The van der Waals surface area contributed by atoms with Gasteiger partial charge in [-0.2, -0.15) is 18.4 Å². The minimum absolute atomic E-state index is 0.0444. The molecule has 0 saturated carbocycles. The third kappa shape index (κ3) is 3.08. The van der Waals surface area contributed by atoms with Gasteiger partial charge in [-0.1, -0.05) is 15.9 Å². The number of benzene rings is 1. The summed E-state index contributed by atoms with van der Waals surface area (Å²) < 4.78 is 38.3. The molecule has 0 aliphatic heterocycles. The van der Waals surface area contributed by atoms with Crippen LogP contribution in [-0.4, -0.2) is 4.98 Å². The lowest BCUT2D eigenvalue weighted by molar-refractivity contribution is -0.138. The molecule has 0 bridgehead atoms. The molecular formula is C13H7BrF3N3. The Balaban J connectivity index is 2.38. The summed E-state index contributed by atoms with van der Waals surface area (Å²) in [5.41, 5.74) is -0.336. The van der Waals surface area contributed by atoms with Crippen LogP contribution in [0.1, 0.15) is 11.1 Å². The summed E-state index contributed by atoms with van der Waals surface area (Å²) in [6.45, 7) is 0. The number of nitriles is 1. The Hall–Kier alpha value is -2.07. The molecule has 1 heterocycles. The number of hydrogen-bond acceptors (Lipinski definition) is 3. The Morgan fingerprint density at radius 3 is 2.65 bits per heavy atom. The van der Waals surface area contributed by atoms with Crippen molar-refractivity contribution in [2.75, 3.05) is 5.32 Å². The predicted molar refractivity (Wildman–Crippen MR) is 71.4 cm³/mol. The Labute approximate surface area is 121 Å². The predicted octanol–water partition coefficient (Wildman–Crippen LogP) is 4.48. The maximum Gasteiger partial charge on any atom is 0.417 e. The van der Waals surface area contributed by atoms with E-state index in [9.17, 15) is 13.2 Å². The van der Waals surface area contributed by atoms with Crippen molar-refractivity contribution in [1.82, 2.24) is 4.98 Å². The van der Waals surface area contributed by atoms with Crippen molar-refractivity contribution in [2.45, 2.75) is 6.18 Å². The Morgan fingerprint density at radius 1 is 1.25 bits per heavy atom. The van der Waals surface area contributed by atoms with Gasteiger partial charge in [0.1, 0.15) is 11.9 Å². The topological polar surface area (TPSA) is 48.7 Å². The molecule has 20 heavy (non-hydrogen) atoms. The highest BCUT2D eigenvalue weighted by Crippen LogP contribution is 2.36. The van der Waals surface area contributed by atoms with Gasteiger partial charge in [-0.25, -0.2) is 4.98 Å². The van der Waals surface area contributed by atoms with Crippen LogP contribution in [0.4, 0.5) is 24.7 Å². The maximum absolute atomic E-state index is 12.8. The van der Waals surface area contributed by atoms with E-state index in [0.717, 1.165) is 6.07 Å². The number of nitrogens with zero attached hydrogens (tertiary/aromatic N) is 2. The molecule has 1 N–H and O–H groups in total. The van der Waals surface area contributed by atoms with Gasteiger partial charge in [0, 0.05) is 16.4 Å². The lowest BCUT2D eigenvalue weighted by Crippen LogP contribution is -2.07. The highest BCUT2D eigenvalue weighted by molar-refractivity contribution is 9.10. The van der Waals surface area contributed by atoms with Crippen LogP contribution in [0.2, 0.25) is 0 Å². The molecular weight excluding hydrogens is 335 g/mol. The van der Waals surface area contributed by atoms with E-state index in [4.69, 9.17) is 5.26 Å². The standard InChI is InChI=1S/C13H7BrF3N3/c14-11-4-3-9(6-10(11)13(15,16)17)20-12-8(7-18)2-1-5-19-12/h1-6H,(H,19,20). The van der Waals surface area contributed by atoms with Gasteiger partial charge in [-0.05, 0) is 30.3 Å². The van der Waals surface area contributed by atoms with Gasteiger partial charge in [-0.15, -0.1) is 0 Å². The summed E-state index contributed by atoms with van der Waals surface area (Å²) in [6, 6.07) is 8.74. The number of anilines is 2. The molecule has 0 fully saturated rings. The molecule has 2 rings (SSSR count). The number of pyridine rings is 1. The average Bonchev–Trinajstić information content (AvgIpc) is 2.40. The first-order valence-electron chi connectivity index (χ1n) is 5.40. The van der Waals surface area contributed by atoms with Crippen molar-refractivity contribution in [3.05, 3.63) is 52.1 Å². The van der Waals surface area contributed by atoms with Crippen LogP contribution < -0.4 is 5.32 Å². The fourth-order valence-electron chi connectivity index (χ4n) is 1.55. The van der Waals surface area contributed by atoms with Crippen LogP contribution in [0.15, 0.2) is 41.0 Å². The lowest BCUT2D eigenvalue weighted by atomic mass is 10.2. The molecule has 0 aliphatic rings. The third-order valence-corrected chi connectivity index (χ3v) is 3.15. The summed E-state index contributed by atoms with van der Waals surface area (Å²) in [6.07, 6.45) is -3.01. The third-order valence-electron chi connectivity index (χ3n) is 2.46. The van der Waals surface area contributed by atoms with Gasteiger partial charge < -0.3 is 5.32 Å². The molecule has 1 aromatic heterocycles. The van der Waals surface area contributed by atoms with Crippen molar-refractivity contribution in [2.24, 2.45) is 0 Å². The van der Waals surface area contributed by atoms with Crippen LogP contribution in [0.3, 0.4) is 0 Å². The van der Waals surface area contributed by atoms with Crippen molar-refractivity contribution >= 4 is 27.4 Å². The van der Waals surface area contributed by atoms with Gasteiger partial charge in [0.15, 0.2) is 0 Å². The van der Waals surface area contributed by atoms with Crippen LogP contribution in [0.25, 0.3) is 0 Å². The molecule has 0 atom stereocenters. The number of nitrogens with one attached hydrogen (secondary N) is 1. The molecule has 0 saturated heterocycles. The van der Waals surface area contributed by atoms with Gasteiger partial charge in [0.2, 0.25) is 0 Å². The van der Waals surface area contributed by atoms with Crippen molar-refractivity contribution in [1.29, 1.82) is 5.26 Å². The molecule has 0 aliphatic carbocycles. The normalized spacial score (nSPS) is 10.9. The van der Waals surface area contributed by atoms with E-state index in [-0.39, 0.29) is 21.5 Å². The highest BCUT2D eigenvalue weighted by Gasteiger charge is 2.33. The van der Waals surface area contributed by atoms with E-state index < -0.39 is 11.7 Å². The first-order valence-corrected chi connectivity index (χ1v) is 6.20. The zero-order valence-corrected chi connectivity index (χ0v) is 11.5. The smallest absolute Gasteiger partial charge is 0.339 e. The van der Waals surface area contributed by atoms with E-state index in [0.29, 0.717) is 0 Å². The number of halogens is 4. The molecule has 0 unspecified atom stereocenters. The second kappa shape index (κ2) is 5.51. The van der Waals surface area contributed by atoms with Crippen molar-refractivity contribution < 1.29 is 13.2 Å². The average molecular weight is 342 g/mol. The quantitative estimate of drug-likeness (QED) is 0.876. The second-order valence-corrected chi connectivity index (χ2v) is 4.68. The summed E-state index contributed by atoms with van der Waals surface area (Å²) in [5.74, 6) is 0.213. The van der Waals surface area contributed by atoms with E-state index in [1.807, 2.05) is 6.07 Å². The Kier molecular flexibility index (Phi) is 3.95. The molecule has 0 radical (unpaired) electrons. The summed E-state index contributed by atoms with van der Waals surface area (Å²) in [7, 11) is 0. The molecule has 0 spiro atoms. The highest BCUT2D eigenvalue weighted by atomic mass is 79.9. The summed E-state index contributed by atoms with van der Waals surface area (Å²) >= 11 is 2.86. The Morgan fingerprint density at radius 2 is 2.00 bits per heavy atom. The SMILES string of the molecule is N#Cc1cccnc1Nc1ccc(Br)c(C(F)(F)F)c1. The van der Waals surface area contributed by atoms with Crippen LogP contribution in [-0.2, 0) is 6.18 Å². The van der Waals surface area contributed by atoms with Crippen LogP contribution >= 0.6 is 15.9 Å². The first kappa shape index (κ1) is 14.3. The van der Waals surface area contributed by atoms with E-state index in [1.54, 1.807) is 6.07 Å². The van der Waals surface area contributed by atoms with Gasteiger partial charge >= 0.3 is 6.18 Å². The number of hydrogen-bond donors (Lipinski definition) is 1. The van der Waals surface area contributed by atoms with Crippen molar-refractivity contribution in [3.63, 3.8) is 0 Å². The van der Waals surface area contributed by atoms with E-state index in [2.05, 4.69) is 26.2 Å². The first-order chi connectivity index (χ1) is 9.41. The fourth-order valence-corrected chi connectivity index (χ4v) is 2.02. The molecule has 102 valence electrons. The Bertz CT molecular complexity index is 677. The summed E-state index contributed by atoms with van der Waals surface area (Å²) in [4.78, 5) is 3.93. The molecule has 0 amide bonds. The fraction of sp³-hybridized carbons (Fsp3) is 0.0769. The van der Waals surface area contributed by atoms with Crippen molar-refractivity contribution in [3.8, 4) is 6.07 Å². The molecule has 3 nitrogen and oxygen atoms in total. The number of rotatable bonds is 2. The van der Waals surface area contributed by atoms with Gasteiger partial charge in [0.25, 0.3) is 0 Å². The largest absolute Gasteiger partial charge is 0.417 e. The molecule has 1 aromatic carbocycles. The molecule has 2 aromatic rings. The minimum Gasteiger partial charge on any atom is -0.339 e. The monoisotopic (exact) mass is 341 g/mol. The van der Waals surface area contributed by atoms with Gasteiger partial charge in [0.05, 0.1) is 11.1 Å². The minimum atomic E-state index is -4.46. The maximum atomic E-state index is 12.8. The second-order valence-electron chi connectivity index (χ2n) is 3.83. The summed E-state index contributed by atoms with van der Waals surface area (Å²) in [5, 5.41) is 11.6. The van der Waals surface area contributed by atoms with E-state index in [1.165, 1.54) is 24.4 Å². The molecule has 7 heteroatoms. The number of aromatic nitrogens is 1. The zero-order valence-electron chi connectivity index (χ0n) is 9.87. The van der Waals surface area contributed by atoms with E-state index >= 15 is 0 Å². The zero-order chi connectivity index (χ0) is 14.8. The van der Waals surface area contributed by atoms with Crippen LogP contribution in [0, 0.1) is 11.3 Å². The lowest BCUT2D eigenvalue weighted by Gasteiger charge is -2.12. The number of alkyl halides is 3. The van der Waals surface area contributed by atoms with Crippen LogP contribution in [0.5, 0.6) is 0 Å².